The van der Waals surface area contributed by atoms with Gasteiger partial charge in [0.05, 0.1) is 0 Å². The summed E-state index contributed by atoms with van der Waals surface area (Å²) >= 11 is 1.39. The van der Waals surface area contributed by atoms with Crippen molar-refractivity contribution in [3.63, 3.8) is 0 Å². The van der Waals surface area contributed by atoms with Crippen molar-refractivity contribution < 1.29 is 4.79 Å². The van der Waals surface area contributed by atoms with Crippen LogP contribution in [0.2, 0.25) is 0 Å². The normalized spacial score (nSPS) is 19.6. The van der Waals surface area contributed by atoms with E-state index in [2.05, 4.69) is 0 Å². The summed E-state index contributed by atoms with van der Waals surface area (Å²) in [5.74, 6) is 0.149. The van der Waals surface area contributed by atoms with Gasteiger partial charge in [-0.15, -0.1) is 0 Å². The van der Waals surface area contributed by atoms with Crippen molar-refractivity contribution in [2.75, 3.05) is 6.54 Å². The van der Waals surface area contributed by atoms with Gasteiger partial charge in [-0.3, -0.25) is 0 Å². The van der Waals surface area contributed by atoms with E-state index in [1.165, 1.54) is 17.1 Å². The summed E-state index contributed by atoms with van der Waals surface area (Å²) in [6.45, 7) is 0.898. The van der Waals surface area contributed by atoms with Crippen LogP contribution < -0.4 is 0 Å². The van der Waals surface area contributed by atoms with Gasteiger partial charge in [-0.1, -0.05) is 0 Å². The minimum atomic E-state index is 0.149. The molecule has 1 rings (SSSR count). The SMILES string of the molecule is O=C1C=CCCN1[AsH2]. The first-order chi connectivity index (χ1) is 3.80. The van der Waals surface area contributed by atoms with Gasteiger partial charge in [0.2, 0.25) is 0 Å². The molecule has 1 aliphatic heterocycles. The summed E-state index contributed by atoms with van der Waals surface area (Å²) in [5.41, 5.74) is 0. The molecule has 1 unspecified atom stereocenters. The van der Waals surface area contributed by atoms with E-state index in [0.717, 1.165) is 13.0 Å². The molecule has 1 aliphatic rings. The molecule has 0 aliphatic carbocycles. The number of carbonyl (C=O) groups excluding carboxylic acids is 1. The molecule has 2 nitrogen and oxygen atoms in total. The molecule has 8 heavy (non-hydrogen) atoms. The fourth-order valence-electron chi connectivity index (χ4n) is 0.604. The van der Waals surface area contributed by atoms with Crippen molar-refractivity contribution >= 4 is 23.0 Å². The van der Waals surface area contributed by atoms with Gasteiger partial charge in [0.1, 0.15) is 0 Å². The molecule has 0 fully saturated rings. The van der Waals surface area contributed by atoms with E-state index in [-0.39, 0.29) is 5.91 Å². The fourth-order valence-corrected chi connectivity index (χ4v) is 1.10. The van der Waals surface area contributed by atoms with Crippen LogP contribution in [-0.4, -0.2) is 33.3 Å². The van der Waals surface area contributed by atoms with Gasteiger partial charge >= 0.3 is 56.7 Å². The first-order valence-electron chi connectivity index (χ1n) is 2.53. The van der Waals surface area contributed by atoms with Crippen molar-refractivity contribution in [2.45, 2.75) is 6.42 Å². The third-order valence-corrected chi connectivity index (χ3v) is 2.16. The van der Waals surface area contributed by atoms with E-state index in [9.17, 15) is 4.79 Å². The molecule has 0 aromatic carbocycles. The standard InChI is InChI=1S/C5H8AsNO/c6-7-4-2-1-3-5(7)8/h1,3H,2,4,6H2. The Kier molecular flexibility index (Phi) is 1.74. The summed E-state index contributed by atoms with van der Waals surface area (Å²) in [5, 5.41) is 0. The maximum absolute atomic E-state index is 10.6. The minimum absolute atomic E-state index is 0.149. The van der Waals surface area contributed by atoms with E-state index in [1.807, 2.05) is 6.08 Å². The van der Waals surface area contributed by atoms with Crippen LogP contribution in [0.3, 0.4) is 0 Å². The van der Waals surface area contributed by atoms with Crippen molar-refractivity contribution in [1.82, 2.24) is 3.82 Å². The van der Waals surface area contributed by atoms with E-state index in [4.69, 9.17) is 0 Å². The van der Waals surface area contributed by atoms with Crippen LogP contribution in [-0.2, 0) is 4.79 Å². The van der Waals surface area contributed by atoms with Crippen LogP contribution in [0.1, 0.15) is 6.42 Å². The van der Waals surface area contributed by atoms with Crippen molar-refractivity contribution in [1.29, 1.82) is 0 Å². The predicted octanol–water partition coefficient (Wildman–Crippen LogP) is -0.677. The van der Waals surface area contributed by atoms with Gasteiger partial charge in [0, 0.05) is 0 Å². The third kappa shape index (κ3) is 1.13. The zero-order chi connectivity index (χ0) is 5.98. The molecule has 0 bridgehead atoms. The monoisotopic (exact) mass is 173 g/mol. The van der Waals surface area contributed by atoms with E-state index < -0.39 is 0 Å². The number of hydrogen-bond acceptors (Lipinski definition) is 1. The molecule has 0 saturated carbocycles. The van der Waals surface area contributed by atoms with Gasteiger partial charge in [-0.05, 0) is 0 Å². The van der Waals surface area contributed by atoms with E-state index >= 15 is 0 Å². The summed E-state index contributed by atoms with van der Waals surface area (Å²) in [7, 11) is 0. The van der Waals surface area contributed by atoms with E-state index in [0.29, 0.717) is 0 Å². The van der Waals surface area contributed by atoms with Crippen LogP contribution in [0.15, 0.2) is 12.2 Å². The number of carbonyl (C=O) groups is 1. The molecule has 0 aromatic heterocycles. The second kappa shape index (κ2) is 2.36. The van der Waals surface area contributed by atoms with Gasteiger partial charge in [0.25, 0.3) is 0 Å². The molecule has 0 saturated heterocycles. The molecular formula is C5H8AsNO. The quantitative estimate of drug-likeness (QED) is 0.444. The zero-order valence-corrected chi connectivity index (χ0v) is 6.92. The second-order valence-electron chi connectivity index (χ2n) is 1.72. The van der Waals surface area contributed by atoms with Crippen molar-refractivity contribution in [3.05, 3.63) is 12.2 Å². The average molecular weight is 173 g/mol. The second-order valence-corrected chi connectivity index (χ2v) is 3.03. The summed E-state index contributed by atoms with van der Waals surface area (Å²) in [6, 6.07) is 0. The Bertz CT molecular complexity index is 132. The Morgan fingerprint density at radius 3 is 2.88 bits per heavy atom. The molecule has 0 N–H and O–H groups in total. The molecule has 1 heterocycles. The fraction of sp³-hybridized carbons (Fsp3) is 0.400. The molecule has 44 valence electrons. The number of hydrogen-bond donors (Lipinski definition) is 0. The molecule has 1 atom stereocenters. The summed E-state index contributed by atoms with van der Waals surface area (Å²) in [4.78, 5) is 10.6. The Morgan fingerprint density at radius 1 is 1.75 bits per heavy atom. The molecule has 1 amide bonds. The van der Waals surface area contributed by atoms with Crippen molar-refractivity contribution in [2.24, 2.45) is 0 Å². The van der Waals surface area contributed by atoms with Gasteiger partial charge in [0.15, 0.2) is 0 Å². The first kappa shape index (κ1) is 5.90. The summed E-state index contributed by atoms with van der Waals surface area (Å²) in [6.07, 6.45) is 4.56. The van der Waals surface area contributed by atoms with Crippen LogP contribution in [0.5, 0.6) is 0 Å². The average Bonchev–Trinajstić information content (AvgIpc) is 1.77. The number of rotatable bonds is 0. The van der Waals surface area contributed by atoms with Crippen molar-refractivity contribution in [3.8, 4) is 0 Å². The Hall–Kier alpha value is -0.232. The van der Waals surface area contributed by atoms with Crippen LogP contribution >= 0.6 is 0 Å². The third-order valence-electron chi connectivity index (χ3n) is 1.08. The Balaban J connectivity index is 2.60. The predicted molar refractivity (Wildman–Crippen MR) is 34.0 cm³/mol. The van der Waals surface area contributed by atoms with Crippen LogP contribution in [0, 0.1) is 0 Å². The van der Waals surface area contributed by atoms with Gasteiger partial charge in [-0.2, -0.15) is 0 Å². The topological polar surface area (TPSA) is 20.3 Å². The molecule has 0 aromatic rings. The van der Waals surface area contributed by atoms with Gasteiger partial charge < -0.3 is 0 Å². The Morgan fingerprint density at radius 2 is 2.50 bits per heavy atom. The van der Waals surface area contributed by atoms with Crippen LogP contribution in [0.4, 0.5) is 0 Å². The number of amides is 1. The molecule has 0 spiro atoms. The molecule has 0 radical (unpaired) electrons. The molecular weight excluding hydrogens is 165 g/mol. The summed E-state index contributed by atoms with van der Waals surface area (Å²) < 4.78 is 1.77. The van der Waals surface area contributed by atoms with E-state index in [1.54, 1.807) is 9.89 Å². The first-order valence-corrected chi connectivity index (χ1v) is 3.62. The number of nitrogens with zero attached hydrogens (tertiary/aromatic N) is 1. The molecule has 3 heteroatoms. The van der Waals surface area contributed by atoms with Crippen LogP contribution in [0.25, 0.3) is 0 Å². The zero-order valence-electron chi connectivity index (χ0n) is 4.50. The van der Waals surface area contributed by atoms with Gasteiger partial charge in [-0.25, -0.2) is 0 Å². The Labute approximate surface area is 57.3 Å². The maximum atomic E-state index is 10.6.